The molecular formula is C14H26N4O2S. The van der Waals surface area contributed by atoms with Crippen molar-refractivity contribution in [1.82, 2.24) is 19.8 Å². The van der Waals surface area contributed by atoms with Gasteiger partial charge in [0.1, 0.15) is 0 Å². The number of H-pyrrole nitrogens is 1. The van der Waals surface area contributed by atoms with Crippen molar-refractivity contribution in [2.45, 2.75) is 51.1 Å². The fraction of sp³-hybridized carbons (Fsp3) is 0.786. The lowest BCUT2D eigenvalue weighted by atomic mass is 9.85. The SMILES string of the molecule is CCCNCc1cn[nH]c1S(=O)(=O)N(CC)CC1CCC1. The molecule has 120 valence electrons. The third-order valence-electron chi connectivity index (χ3n) is 4.06. The zero-order chi connectivity index (χ0) is 15.3. The second-order valence-corrected chi connectivity index (χ2v) is 7.53. The van der Waals surface area contributed by atoms with Crippen LogP contribution in [-0.2, 0) is 16.6 Å². The van der Waals surface area contributed by atoms with Gasteiger partial charge in [-0.1, -0.05) is 20.3 Å². The van der Waals surface area contributed by atoms with Gasteiger partial charge in [0.25, 0.3) is 10.0 Å². The molecule has 0 radical (unpaired) electrons. The number of sulfonamides is 1. The van der Waals surface area contributed by atoms with E-state index in [-0.39, 0.29) is 5.03 Å². The highest BCUT2D eigenvalue weighted by atomic mass is 32.2. The van der Waals surface area contributed by atoms with Crippen molar-refractivity contribution in [1.29, 1.82) is 0 Å². The molecule has 0 atom stereocenters. The fourth-order valence-corrected chi connectivity index (χ4v) is 4.17. The van der Waals surface area contributed by atoms with Gasteiger partial charge in [-0.15, -0.1) is 0 Å². The molecule has 1 aromatic rings. The van der Waals surface area contributed by atoms with Crippen molar-refractivity contribution in [2.24, 2.45) is 5.92 Å². The van der Waals surface area contributed by atoms with E-state index in [4.69, 9.17) is 0 Å². The Hall–Kier alpha value is -0.920. The third kappa shape index (κ3) is 3.84. The zero-order valence-corrected chi connectivity index (χ0v) is 13.7. The number of nitrogens with one attached hydrogen (secondary N) is 2. The Bertz CT molecular complexity index is 537. The van der Waals surface area contributed by atoms with Crippen molar-refractivity contribution in [3.8, 4) is 0 Å². The number of hydrogen-bond donors (Lipinski definition) is 2. The van der Waals surface area contributed by atoms with E-state index in [0.29, 0.717) is 25.6 Å². The Morgan fingerprint density at radius 3 is 2.76 bits per heavy atom. The van der Waals surface area contributed by atoms with Crippen molar-refractivity contribution in [2.75, 3.05) is 19.6 Å². The molecule has 7 heteroatoms. The van der Waals surface area contributed by atoms with Crippen LogP contribution in [-0.4, -0.2) is 42.6 Å². The van der Waals surface area contributed by atoms with E-state index in [0.717, 1.165) is 31.4 Å². The summed E-state index contributed by atoms with van der Waals surface area (Å²) in [6.45, 7) is 6.49. The quantitative estimate of drug-likeness (QED) is 0.680. The first-order chi connectivity index (χ1) is 10.1. The smallest absolute Gasteiger partial charge is 0.260 e. The number of nitrogens with zero attached hydrogens (tertiary/aromatic N) is 2. The van der Waals surface area contributed by atoms with Crippen LogP contribution in [0, 0.1) is 5.92 Å². The summed E-state index contributed by atoms with van der Waals surface area (Å²) in [7, 11) is -3.47. The van der Waals surface area contributed by atoms with Gasteiger partial charge in [0.05, 0.1) is 6.20 Å². The molecule has 6 nitrogen and oxygen atoms in total. The van der Waals surface area contributed by atoms with Gasteiger partial charge in [-0.3, -0.25) is 5.10 Å². The summed E-state index contributed by atoms with van der Waals surface area (Å²) in [5.74, 6) is 0.518. The summed E-state index contributed by atoms with van der Waals surface area (Å²) < 4.78 is 27.1. The average molecular weight is 314 g/mol. The summed E-state index contributed by atoms with van der Waals surface area (Å²) in [6.07, 6.45) is 6.12. The molecule has 2 N–H and O–H groups in total. The summed E-state index contributed by atoms with van der Waals surface area (Å²) >= 11 is 0. The van der Waals surface area contributed by atoms with Gasteiger partial charge < -0.3 is 5.32 Å². The molecule has 0 aliphatic heterocycles. The van der Waals surface area contributed by atoms with Crippen LogP contribution in [0.4, 0.5) is 0 Å². The first-order valence-corrected chi connectivity index (χ1v) is 9.26. The highest BCUT2D eigenvalue weighted by molar-refractivity contribution is 7.89. The van der Waals surface area contributed by atoms with Crippen molar-refractivity contribution < 1.29 is 8.42 Å². The van der Waals surface area contributed by atoms with Crippen LogP contribution >= 0.6 is 0 Å². The van der Waals surface area contributed by atoms with Crippen LogP contribution in [0.2, 0.25) is 0 Å². The van der Waals surface area contributed by atoms with Crippen LogP contribution in [0.25, 0.3) is 0 Å². The molecule has 1 aromatic heterocycles. The molecule has 1 aliphatic carbocycles. The molecule has 1 fully saturated rings. The molecule has 0 aromatic carbocycles. The normalized spacial score (nSPS) is 16.3. The molecular weight excluding hydrogens is 288 g/mol. The van der Waals surface area contributed by atoms with E-state index >= 15 is 0 Å². The van der Waals surface area contributed by atoms with Crippen LogP contribution in [0.5, 0.6) is 0 Å². The van der Waals surface area contributed by atoms with Gasteiger partial charge in [-0.2, -0.15) is 9.40 Å². The van der Waals surface area contributed by atoms with E-state index in [1.165, 1.54) is 6.42 Å². The highest BCUT2D eigenvalue weighted by Crippen LogP contribution is 2.29. The zero-order valence-electron chi connectivity index (χ0n) is 12.9. The molecule has 21 heavy (non-hydrogen) atoms. The lowest BCUT2D eigenvalue weighted by Crippen LogP contribution is -2.38. The molecule has 0 saturated heterocycles. The van der Waals surface area contributed by atoms with E-state index in [2.05, 4.69) is 22.4 Å². The second kappa shape index (κ2) is 7.38. The molecule has 1 saturated carbocycles. The Kier molecular flexibility index (Phi) is 5.78. The lowest BCUT2D eigenvalue weighted by Gasteiger charge is -2.31. The second-order valence-electron chi connectivity index (χ2n) is 5.65. The Morgan fingerprint density at radius 2 is 2.19 bits per heavy atom. The summed E-state index contributed by atoms with van der Waals surface area (Å²) in [5.41, 5.74) is 0.718. The van der Waals surface area contributed by atoms with Crippen molar-refractivity contribution >= 4 is 10.0 Å². The Labute approximate surface area is 127 Å². The maximum Gasteiger partial charge on any atom is 0.260 e. The van der Waals surface area contributed by atoms with Crippen LogP contribution < -0.4 is 5.32 Å². The van der Waals surface area contributed by atoms with Gasteiger partial charge in [0.2, 0.25) is 0 Å². The molecule has 0 bridgehead atoms. The number of aromatic amines is 1. The molecule has 1 heterocycles. The molecule has 2 rings (SSSR count). The monoisotopic (exact) mass is 314 g/mol. The predicted molar refractivity (Wildman–Crippen MR) is 82.4 cm³/mol. The summed E-state index contributed by atoms with van der Waals surface area (Å²) in [6, 6.07) is 0. The predicted octanol–water partition coefficient (Wildman–Crippen LogP) is 1.72. The van der Waals surface area contributed by atoms with Gasteiger partial charge in [-0.25, -0.2) is 8.42 Å². The molecule has 0 spiro atoms. The van der Waals surface area contributed by atoms with E-state index in [1.54, 1.807) is 10.5 Å². The Morgan fingerprint density at radius 1 is 1.43 bits per heavy atom. The van der Waals surface area contributed by atoms with Gasteiger partial charge in [0, 0.05) is 25.2 Å². The van der Waals surface area contributed by atoms with Crippen LogP contribution in [0.15, 0.2) is 11.2 Å². The lowest BCUT2D eigenvalue weighted by molar-refractivity contribution is 0.249. The molecule has 0 amide bonds. The maximum absolute atomic E-state index is 12.8. The first kappa shape index (κ1) is 16.5. The number of hydrogen-bond acceptors (Lipinski definition) is 4. The third-order valence-corrected chi connectivity index (χ3v) is 6.01. The maximum atomic E-state index is 12.8. The largest absolute Gasteiger partial charge is 0.313 e. The summed E-state index contributed by atoms with van der Waals surface area (Å²) in [5, 5.41) is 10.1. The van der Waals surface area contributed by atoms with E-state index < -0.39 is 10.0 Å². The average Bonchev–Trinajstić information content (AvgIpc) is 2.87. The standard InChI is InChI=1S/C14H26N4O2S/c1-3-8-15-9-13-10-16-17-14(13)21(19,20)18(4-2)11-12-6-5-7-12/h10,12,15H,3-9,11H2,1-2H3,(H,16,17). The minimum absolute atomic E-state index is 0.243. The molecule has 0 unspecified atom stereocenters. The van der Waals surface area contributed by atoms with E-state index in [9.17, 15) is 8.42 Å². The summed E-state index contributed by atoms with van der Waals surface area (Å²) in [4.78, 5) is 0. The fourth-order valence-electron chi connectivity index (χ4n) is 2.54. The Balaban J connectivity index is 2.11. The van der Waals surface area contributed by atoms with Crippen molar-refractivity contribution in [3.63, 3.8) is 0 Å². The first-order valence-electron chi connectivity index (χ1n) is 7.82. The number of rotatable bonds is 9. The van der Waals surface area contributed by atoms with Gasteiger partial charge >= 0.3 is 0 Å². The highest BCUT2D eigenvalue weighted by Gasteiger charge is 2.31. The molecule has 1 aliphatic rings. The van der Waals surface area contributed by atoms with Gasteiger partial charge in [-0.05, 0) is 31.7 Å². The topological polar surface area (TPSA) is 78.1 Å². The minimum Gasteiger partial charge on any atom is -0.313 e. The van der Waals surface area contributed by atoms with Crippen molar-refractivity contribution in [3.05, 3.63) is 11.8 Å². The van der Waals surface area contributed by atoms with Gasteiger partial charge in [0.15, 0.2) is 5.03 Å². The van der Waals surface area contributed by atoms with Crippen LogP contribution in [0.3, 0.4) is 0 Å². The van der Waals surface area contributed by atoms with E-state index in [1.807, 2.05) is 6.92 Å². The minimum atomic E-state index is -3.47. The van der Waals surface area contributed by atoms with Crippen LogP contribution in [0.1, 0.15) is 45.1 Å². The number of aromatic nitrogens is 2.